The monoisotopic (exact) mass is 574 g/mol. The van der Waals surface area contributed by atoms with E-state index < -0.39 is 11.6 Å². The Balaban J connectivity index is 1.33. The normalized spacial score (nSPS) is 11.9. The van der Waals surface area contributed by atoms with E-state index in [2.05, 4.69) is 0 Å². The Kier molecular flexibility index (Phi) is 6.64. The third-order valence-electron chi connectivity index (χ3n) is 7.72. The van der Waals surface area contributed by atoms with Crippen molar-refractivity contribution >= 4 is 22.9 Å². The van der Waals surface area contributed by atoms with Gasteiger partial charge in [0.2, 0.25) is 0 Å². The second-order valence-corrected chi connectivity index (χ2v) is 10.4. The van der Waals surface area contributed by atoms with Crippen LogP contribution in [-0.2, 0) is 0 Å². The van der Waals surface area contributed by atoms with Gasteiger partial charge >= 0.3 is 0 Å². The molecule has 6 aromatic rings. The number of ketones is 2. The van der Waals surface area contributed by atoms with Gasteiger partial charge in [-0.2, -0.15) is 0 Å². The first-order valence-electron chi connectivity index (χ1n) is 14.1. The van der Waals surface area contributed by atoms with Crippen LogP contribution >= 0.6 is 0 Å². The predicted octanol–water partition coefficient (Wildman–Crippen LogP) is 8.55. The highest BCUT2D eigenvalue weighted by molar-refractivity contribution is 6.32. The summed E-state index contributed by atoms with van der Waals surface area (Å²) in [4.78, 5) is 27.4. The third-order valence-corrected chi connectivity index (χ3v) is 7.72. The van der Waals surface area contributed by atoms with E-state index >= 15 is 0 Å². The largest absolute Gasteiger partial charge is 0.451 e. The van der Waals surface area contributed by atoms with Crippen LogP contribution in [0.4, 0.5) is 11.4 Å². The molecule has 44 heavy (non-hydrogen) atoms. The molecule has 6 aromatic carbocycles. The summed E-state index contributed by atoms with van der Waals surface area (Å²) < 4.78 is 12.6. The standard InChI is InChI=1S/C38H26N2O4/c39-33-31-32(36(42)30-14-8-7-13-29(30)35(31)41)34(40)38(44-28-21-17-26(18-22-28)24-11-5-2-6-12-24)37(33)43-27-19-15-25(16-20-27)23-9-3-1-4-10-23/h1-22H,39-40H2. The molecule has 0 atom stereocenters. The molecule has 0 aromatic heterocycles. The number of hydrogen-bond donors (Lipinski definition) is 2. The Labute approximate surface area is 254 Å². The molecule has 0 fully saturated rings. The zero-order valence-electron chi connectivity index (χ0n) is 23.5. The summed E-state index contributed by atoms with van der Waals surface area (Å²) in [6, 6.07) is 41.5. The average Bonchev–Trinajstić information content (AvgIpc) is 3.08. The maximum atomic E-state index is 13.7. The summed E-state index contributed by atoms with van der Waals surface area (Å²) in [6.07, 6.45) is 0. The number of nitrogens with two attached hydrogens (primary N) is 2. The summed E-state index contributed by atoms with van der Waals surface area (Å²) >= 11 is 0. The summed E-state index contributed by atoms with van der Waals surface area (Å²) in [5.74, 6) is 0.220. The van der Waals surface area contributed by atoms with Crippen molar-refractivity contribution in [2.45, 2.75) is 0 Å². The first kappa shape index (κ1) is 26.7. The van der Waals surface area contributed by atoms with E-state index in [9.17, 15) is 9.59 Å². The molecule has 0 heterocycles. The van der Waals surface area contributed by atoms with Gasteiger partial charge < -0.3 is 20.9 Å². The molecule has 6 heteroatoms. The van der Waals surface area contributed by atoms with Crippen LogP contribution in [0.2, 0.25) is 0 Å². The van der Waals surface area contributed by atoms with Crippen molar-refractivity contribution in [1.82, 2.24) is 0 Å². The van der Waals surface area contributed by atoms with Crippen molar-refractivity contribution in [1.29, 1.82) is 0 Å². The molecule has 1 aliphatic rings. The molecular formula is C38H26N2O4. The molecular weight excluding hydrogens is 548 g/mol. The van der Waals surface area contributed by atoms with Crippen molar-refractivity contribution in [2.75, 3.05) is 11.5 Å². The van der Waals surface area contributed by atoms with Crippen LogP contribution in [0.1, 0.15) is 31.8 Å². The van der Waals surface area contributed by atoms with Gasteiger partial charge in [-0.15, -0.1) is 0 Å². The molecule has 0 amide bonds. The van der Waals surface area contributed by atoms with Crippen LogP contribution in [-0.4, -0.2) is 11.6 Å². The molecule has 0 unspecified atom stereocenters. The number of rotatable bonds is 6. The van der Waals surface area contributed by atoms with Gasteiger partial charge in [-0.25, -0.2) is 0 Å². The van der Waals surface area contributed by atoms with E-state index in [4.69, 9.17) is 20.9 Å². The van der Waals surface area contributed by atoms with Crippen molar-refractivity contribution in [2.24, 2.45) is 0 Å². The fraction of sp³-hybridized carbons (Fsp3) is 0. The van der Waals surface area contributed by atoms with E-state index in [1.807, 2.05) is 84.9 Å². The molecule has 0 aliphatic heterocycles. The fourth-order valence-electron chi connectivity index (χ4n) is 5.49. The Bertz CT molecular complexity index is 1890. The van der Waals surface area contributed by atoms with Gasteiger partial charge in [-0.1, -0.05) is 109 Å². The minimum atomic E-state index is -0.401. The summed E-state index contributed by atoms with van der Waals surface area (Å²) in [6.45, 7) is 0. The number of nitrogen functional groups attached to an aromatic ring is 2. The summed E-state index contributed by atoms with van der Waals surface area (Å²) in [5.41, 5.74) is 18.0. The number of hydrogen-bond acceptors (Lipinski definition) is 6. The van der Waals surface area contributed by atoms with Crippen LogP contribution in [0.15, 0.2) is 133 Å². The Morgan fingerprint density at radius 1 is 0.386 bits per heavy atom. The van der Waals surface area contributed by atoms with Gasteiger partial charge in [-0.3, -0.25) is 9.59 Å². The van der Waals surface area contributed by atoms with E-state index in [1.54, 1.807) is 48.5 Å². The zero-order chi connectivity index (χ0) is 30.2. The first-order chi connectivity index (χ1) is 21.5. The molecule has 0 saturated carbocycles. The number of ether oxygens (including phenoxy) is 2. The molecule has 1 aliphatic carbocycles. The van der Waals surface area contributed by atoms with Gasteiger partial charge in [0.1, 0.15) is 11.5 Å². The van der Waals surface area contributed by atoms with Crippen LogP contribution in [0, 0.1) is 0 Å². The maximum Gasteiger partial charge on any atom is 0.196 e. The minimum absolute atomic E-state index is 0.00822. The van der Waals surface area contributed by atoms with Gasteiger partial charge in [0.05, 0.1) is 22.5 Å². The van der Waals surface area contributed by atoms with Crippen LogP contribution in [0.5, 0.6) is 23.0 Å². The SMILES string of the molecule is Nc1c(Oc2ccc(-c3ccccc3)cc2)c(Oc2ccc(-c3ccccc3)cc2)c(N)c2c1C(=O)c1ccccc1C2=O. The maximum absolute atomic E-state index is 13.7. The zero-order valence-corrected chi connectivity index (χ0v) is 23.5. The van der Waals surface area contributed by atoms with Crippen LogP contribution < -0.4 is 20.9 Å². The second-order valence-electron chi connectivity index (χ2n) is 10.4. The molecule has 7 rings (SSSR count). The first-order valence-corrected chi connectivity index (χ1v) is 14.1. The lowest BCUT2D eigenvalue weighted by molar-refractivity contribution is 0.0980. The van der Waals surface area contributed by atoms with Gasteiger partial charge in [0.15, 0.2) is 23.1 Å². The van der Waals surface area contributed by atoms with Crippen molar-refractivity contribution in [3.8, 4) is 45.3 Å². The van der Waals surface area contributed by atoms with Crippen LogP contribution in [0.3, 0.4) is 0 Å². The highest BCUT2D eigenvalue weighted by atomic mass is 16.5. The van der Waals surface area contributed by atoms with Gasteiger partial charge in [0, 0.05) is 11.1 Å². The summed E-state index contributed by atoms with van der Waals surface area (Å²) in [5, 5.41) is 0. The van der Waals surface area contributed by atoms with Crippen molar-refractivity contribution in [3.63, 3.8) is 0 Å². The quantitative estimate of drug-likeness (QED) is 0.193. The highest BCUT2D eigenvalue weighted by Gasteiger charge is 2.37. The smallest absolute Gasteiger partial charge is 0.196 e. The molecule has 0 saturated heterocycles. The number of anilines is 2. The van der Waals surface area contributed by atoms with Crippen molar-refractivity contribution in [3.05, 3.63) is 156 Å². The molecule has 0 bridgehead atoms. The lowest BCUT2D eigenvalue weighted by Gasteiger charge is -2.25. The average molecular weight is 575 g/mol. The van der Waals surface area contributed by atoms with Gasteiger partial charge in [-0.05, 0) is 46.5 Å². The Morgan fingerprint density at radius 3 is 1.07 bits per heavy atom. The predicted molar refractivity (Wildman–Crippen MR) is 172 cm³/mol. The molecule has 0 spiro atoms. The van der Waals surface area contributed by atoms with E-state index in [0.29, 0.717) is 11.5 Å². The number of carbonyl (C=O) groups excluding carboxylic acids is 2. The van der Waals surface area contributed by atoms with Gasteiger partial charge in [0.25, 0.3) is 0 Å². The van der Waals surface area contributed by atoms with Crippen molar-refractivity contribution < 1.29 is 19.1 Å². The topological polar surface area (TPSA) is 105 Å². The van der Waals surface area contributed by atoms with E-state index in [1.165, 1.54) is 0 Å². The second kappa shape index (κ2) is 10.9. The lowest BCUT2D eigenvalue weighted by Crippen LogP contribution is -2.24. The lowest BCUT2D eigenvalue weighted by atomic mass is 9.82. The Morgan fingerprint density at radius 2 is 0.705 bits per heavy atom. The van der Waals surface area contributed by atoms with Crippen LogP contribution in [0.25, 0.3) is 22.3 Å². The fourth-order valence-corrected chi connectivity index (χ4v) is 5.49. The summed E-state index contributed by atoms with van der Waals surface area (Å²) in [7, 11) is 0. The molecule has 212 valence electrons. The minimum Gasteiger partial charge on any atom is -0.451 e. The van der Waals surface area contributed by atoms with E-state index in [-0.39, 0.29) is 45.1 Å². The molecule has 6 nitrogen and oxygen atoms in total. The Hall–Kier alpha value is -6.14. The third kappa shape index (κ3) is 4.64. The number of benzene rings is 6. The molecule has 4 N–H and O–H groups in total. The number of fused-ring (bicyclic) bond motifs is 2. The molecule has 0 radical (unpaired) electrons. The van der Waals surface area contributed by atoms with E-state index in [0.717, 1.165) is 22.3 Å². The number of carbonyl (C=O) groups is 2. The highest BCUT2D eigenvalue weighted by Crippen LogP contribution is 2.50.